The van der Waals surface area contributed by atoms with Crippen LogP contribution in [-0.2, 0) is 44.9 Å². The first kappa shape index (κ1) is 55.5. The number of nitrogens with two attached hydrogens (primary N) is 1. The van der Waals surface area contributed by atoms with Crippen molar-refractivity contribution < 1.29 is 0 Å². The van der Waals surface area contributed by atoms with Crippen LogP contribution in [0.25, 0.3) is 0 Å². The minimum Gasteiger partial charge on any atom is -0.330 e. The zero-order chi connectivity index (χ0) is 48.3. The first-order chi connectivity index (χ1) is 33.3. The minimum absolute atomic E-state index is 0.630. The van der Waals surface area contributed by atoms with Gasteiger partial charge >= 0.3 is 0 Å². The summed E-state index contributed by atoms with van der Waals surface area (Å²) in [4.78, 5) is 3.32. The maximum atomic E-state index is 5.36. The molecule has 0 saturated heterocycles. The molecule has 3 N–H and O–H groups in total. The van der Waals surface area contributed by atoms with E-state index in [4.69, 9.17) is 5.73 Å². The van der Waals surface area contributed by atoms with Gasteiger partial charge in [0.25, 0.3) is 0 Å². The average molecular weight is 973 g/mol. The van der Waals surface area contributed by atoms with Crippen molar-refractivity contribution in [3.05, 3.63) is 251 Å². The van der Waals surface area contributed by atoms with E-state index in [2.05, 4.69) is 248 Å². The number of nitrogens with one attached hydrogen (secondary N) is 1. The molecule has 0 radical (unpaired) electrons. The van der Waals surface area contributed by atoms with Crippen LogP contribution >= 0.6 is 15.9 Å². The second-order valence-corrected chi connectivity index (χ2v) is 19.8. The summed E-state index contributed by atoms with van der Waals surface area (Å²) in [5.41, 5.74) is 15.3. The van der Waals surface area contributed by atoms with Gasteiger partial charge in [-0.3, -0.25) is 0 Å². The van der Waals surface area contributed by atoms with Crippen LogP contribution in [-0.4, -0.2) is 49.0 Å². The lowest BCUT2D eigenvalue weighted by molar-refractivity contribution is 0.209. The Morgan fingerprint density at radius 2 is 0.721 bits per heavy atom. The van der Waals surface area contributed by atoms with Gasteiger partial charge in [0.2, 0.25) is 0 Å². The summed E-state index contributed by atoms with van der Waals surface area (Å²) in [6.45, 7) is 15.6. The van der Waals surface area contributed by atoms with E-state index in [9.17, 15) is 0 Å². The Morgan fingerprint density at radius 1 is 0.412 bits per heavy atom. The summed E-state index contributed by atoms with van der Waals surface area (Å²) in [5.74, 6) is 1.98. The highest BCUT2D eigenvalue weighted by molar-refractivity contribution is 9.09. The fraction of sp³-hybridized carbons (Fsp3) is 0.344. The number of halogens is 1. The maximum Gasteiger partial charge on any atom is 0.0183 e. The topological polar surface area (TPSA) is 41.3 Å². The third-order valence-corrected chi connectivity index (χ3v) is 12.9. The normalized spacial score (nSPS) is 12.5. The lowest BCUT2D eigenvalue weighted by atomic mass is 9.97. The molecule has 0 aliphatic rings. The predicted molar refractivity (Wildman–Crippen MR) is 300 cm³/mol. The Labute approximate surface area is 421 Å². The van der Waals surface area contributed by atoms with Crippen molar-refractivity contribution in [2.45, 2.75) is 83.9 Å². The highest BCUT2D eigenvalue weighted by Gasteiger charge is 2.15. The second kappa shape index (κ2) is 35.1. The van der Waals surface area contributed by atoms with E-state index < -0.39 is 0 Å². The van der Waals surface area contributed by atoms with Crippen molar-refractivity contribution in [1.29, 1.82) is 0 Å². The summed E-state index contributed by atoms with van der Waals surface area (Å²) in [7, 11) is 0. The summed E-state index contributed by atoms with van der Waals surface area (Å²) in [6.07, 6.45) is 8.99. The quantitative estimate of drug-likeness (QED) is 0.0496. The van der Waals surface area contributed by atoms with Gasteiger partial charge in [-0.05, 0) is 128 Å². The van der Waals surface area contributed by atoms with Gasteiger partial charge in [0.15, 0.2) is 0 Å². The molecule has 0 aromatic heterocycles. The number of hydrogen-bond donors (Lipinski definition) is 2. The largest absolute Gasteiger partial charge is 0.330 e. The van der Waals surface area contributed by atoms with Gasteiger partial charge in [-0.15, -0.1) is 0 Å². The van der Waals surface area contributed by atoms with Crippen LogP contribution in [0.5, 0.6) is 0 Å². The SMILES string of the molecule is CC(CNCCc1ccccc1)Cc1ccccc1.CC(Cc1ccccc1)CN(CCc1ccccc1)CC(C)Cc1ccccc1.CCC(Br)Cc1ccccc1.NCCc1ccccc1. The van der Waals surface area contributed by atoms with E-state index >= 15 is 0 Å². The molecule has 3 nitrogen and oxygen atoms in total. The number of hydrogen-bond acceptors (Lipinski definition) is 3. The van der Waals surface area contributed by atoms with Crippen molar-refractivity contribution in [2.75, 3.05) is 39.3 Å². The molecule has 0 bridgehead atoms. The third-order valence-electron chi connectivity index (χ3n) is 11.9. The van der Waals surface area contributed by atoms with Crippen molar-refractivity contribution in [1.82, 2.24) is 10.2 Å². The predicted octanol–water partition coefficient (Wildman–Crippen LogP) is 14.6. The smallest absolute Gasteiger partial charge is 0.0183 e. The molecule has 7 aromatic carbocycles. The summed E-state index contributed by atoms with van der Waals surface area (Å²) in [5, 5.41) is 3.55. The van der Waals surface area contributed by atoms with Crippen LogP contribution in [0.3, 0.4) is 0 Å². The Kier molecular flexibility index (Phi) is 28.6. The molecule has 68 heavy (non-hydrogen) atoms. The highest BCUT2D eigenvalue weighted by atomic mass is 79.9. The van der Waals surface area contributed by atoms with Crippen molar-refractivity contribution in [3.63, 3.8) is 0 Å². The van der Waals surface area contributed by atoms with Gasteiger partial charge in [0.1, 0.15) is 0 Å². The van der Waals surface area contributed by atoms with Crippen molar-refractivity contribution in [2.24, 2.45) is 23.5 Å². The number of alkyl halides is 1. The Morgan fingerprint density at radius 3 is 1.07 bits per heavy atom. The molecule has 0 aliphatic heterocycles. The average Bonchev–Trinajstić information content (AvgIpc) is 3.37. The van der Waals surface area contributed by atoms with Crippen LogP contribution < -0.4 is 11.1 Å². The summed E-state index contributed by atoms with van der Waals surface area (Å²) >= 11 is 3.61. The zero-order valence-corrected chi connectivity index (χ0v) is 43.4. The van der Waals surface area contributed by atoms with Crippen LogP contribution in [0.2, 0.25) is 0 Å². The zero-order valence-electron chi connectivity index (χ0n) is 41.8. The second-order valence-electron chi connectivity index (χ2n) is 18.5. The fourth-order valence-electron chi connectivity index (χ4n) is 8.37. The highest BCUT2D eigenvalue weighted by Crippen LogP contribution is 2.16. The fourth-order valence-corrected chi connectivity index (χ4v) is 8.75. The van der Waals surface area contributed by atoms with Gasteiger partial charge < -0.3 is 16.0 Å². The summed E-state index contributed by atoms with van der Waals surface area (Å²) in [6, 6.07) is 74.9. The molecule has 0 spiro atoms. The Balaban J connectivity index is 0.000000220. The Hall–Kier alpha value is -5.10. The van der Waals surface area contributed by atoms with E-state index in [-0.39, 0.29) is 0 Å². The van der Waals surface area contributed by atoms with Crippen LogP contribution in [0.15, 0.2) is 212 Å². The molecule has 0 aliphatic carbocycles. The molecule has 0 amide bonds. The van der Waals surface area contributed by atoms with Crippen molar-refractivity contribution >= 4 is 15.9 Å². The monoisotopic (exact) mass is 972 g/mol. The molecule has 360 valence electrons. The minimum atomic E-state index is 0.630. The molecule has 0 saturated carbocycles. The van der Waals surface area contributed by atoms with Crippen LogP contribution in [0.4, 0.5) is 0 Å². The third kappa shape index (κ3) is 25.9. The van der Waals surface area contributed by atoms with Gasteiger partial charge in [-0.25, -0.2) is 0 Å². The van der Waals surface area contributed by atoms with E-state index in [1.54, 1.807) is 0 Å². The lowest BCUT2D eigenvalue weighted by Gasteiger charge is -2.29. The molecule has 0 heterocycles. The van der Waals surface area contributed by atoms with Crippen molar-refractivity contribution in [3.8, 4) is 0 Å². The molecule has 0 fully saturated rings. The van der Waals surface area contributed by atoms with Crippen LogP contribution in [0, 0.1) is 17.8 Å². The molecule has 7 aromatic rings. The number of nitrogens with zero attached hydrogens (tertiary/aromatic N) is 1. The summed E-state index contributed by atoms with van der Waals surface area (Å²) < 4.78 is 0. The van der Waals surface area contributed by atoms with E-state index in [1.165, 1.54) is 45.4 Å². The van der Waals surface area contributed by atoms with Gasteiger partial charge in [0.05, 0.1) is 0 Å². The maximum absolute atomic E-state index is 5.36. The van der Waals surface area contributed by atoms with Crippen LogP contribution in [0.1, 0.15) is 73.1 Å². The Bertz CT molecular complexity index is 2140. The van der Waals surface area contributed by atoms with E-state index in [0.29, 0.717) is 22.6 Å². The van der Waals surface area contributed by atoms with E-state index in [1.807, 2.05) is 18.2 Å². The molecule has 7 rings (SSSR count). The number of benzene rings is 7. The molecular formula is C64H82BrN3. The first-order valence-electron chi connectivity index (χ1n) is 25.3. The first-order valence-corrected chi connectivity index (χ1v) is 26.3. The molecule has 4 heteroatoms. The van der Waals surface area contributed by atoms with E-state index in [0.717, 1.165) is 84.2 Å². The molecule has 4 atom stereocenters. The molecule has 4 unspecified atom stereocenters. The van der Waals surface area contributed by atoms with Gasteiger partial charge in [-0.1, -0.05) is 256 Å². The van der Waals surface area contributed by atoms with Gasteiger partial charge in [-0.2, -0.15) is 0 Å². The number of rotatable bonds is 23. The molecular weight excluding hydrogens is 891 g/mol. The standard InChI is InChI=1S/C28H35N.C18H23N.C10H13Br.C8H11N/c1-24(20-27-14-8-4-9-15-27)22-29(19-18-26-12-6-3-7-13-26)23-25(2)21-28-16-10-5-11-17-28;1-16(14-18-10-6-3-7-11-18)15-19-13-12-17-8-4-2-5-9-17;1-2-10(11)8-9-6-4-3-5-7-9;9-7-6-8-4-2-1-3-5-8/h3-17,24-25H,18-23H2,1-2H3;2-11,16,19H,12-15H2,1H3;3-7,10H,2,8H2,1H3;1-5H,6-7,9H2. The lowest BCUT2D eigenvalue weighted by Crippen LogP contribution is -2.35. The van der Waals surface area contributed by atoms with Gasteiger partial charge in [0, 0.05) is 24.5 Å².